The van der Waals surface area contributed by atoms with Crippen LogP contribution in [0, 0.1) is 12.8 Å². The molecule has 1 saturated heterocycles. The molecule has 2 fully saturated rings. The summed E-state index contributed by atoms with van der Waals surface area (Å²) in [5.41, 5.74) is 4.77. The highest BCUT2D eigenvalue weighted by Crippen LogP contribution is 2.31. The number of nitrogens with zero attached hydrogens (tertiary/aromatic N) is 4. The normalized spacial score (nSPS) is 16.0. The van der Waals surface area contributed by atoms with E-state index in [1.165, 1.54) is 12.0 Å². The summed E-state index contributed by atoms with van der Waals surface area (Å²) in [6.07, 6.45) is 3.48. The Labute approximate surface area is 187 Å². The van der Waals surface area contributed by atoms with Crippen molar-refractivity contribution < 1.29 is 9.53 Å². The van der Waals surface area contributed by atoms with Gasteiger partial charge in [-0.15, -0.1) is 0 Å². The molecule has 0 bridgehead atoms. The van der Waals surface area contributed by atoms with E-state index >= 15 is 0 Å². The molecular weight excluding hydrogens is 404 g/mol. The molecule has 1 saturated carbocycles. The number of benzene rings is 2. The van der Waals surface area contributed by atoms with Gasteiger partial charge in [-0.05, 0) is 67.8 Å². The summed E-state index contributed by atoms with van der Waals surface area (Å²) in [7, 11) is 0. The van der Waals surface area contributed by atoms with Gasteiger partial charge in [0, 0.05) is 41.6 Å². The van der Waals surface area contributed by atoms with Crippen molar-refractivity contribution in [3.8, 4) is 11.4 Å². The van der Waals surface area contributed by atoms with Crippen LogP contribution < -0.4 is 15.5 Å². The van der Waals surface area contributed by atoms with E-state index in [1.54, 1.807) is 0 Å². The topological polar surface area (TPSA) is 92.3 Å². The zero-order valence-electron chi connectivity index (χ0n) is 18.0. The van der Waals surface area contributed by atoms with Gasteiger partial charge in [-0.3, -0.25) is 4.79 Å². The van der Waals surface area contributed by atoms with Crippen LogP contribution in [0.2, 0.25) is 0 Å². The van der Waals surface area contributed by atoms with Crippen LogP contribution >= 0.6 is 0 Å². The first kappa shape index (κ1) is 20.4. The number of carbonyl (C=O) groups excluding carboxylic acids is 1. The fourth-order valence-electron chi connectivity index (χ4n) is 3.73. The molecule has 5 rings (SSSR count). The number of nitrogens with one attached hydrogen (secondary N) is 2. The second kappa shape index (κ2) is 8.92. The third-order valence-corrected chi connectivity index (χ3v) is 5.76. The molecule has 8 heteroatoms. The summed E-state index contributed by atoms with van der Waals surface area (Å²) in [6, 6.07) is 14.0. The quantitative estimate of drug-likeness (QED) is 0.615. The number of amides is 1. The molecule has 2 aliphatic rings. The second-order valence-electron chi connectivity index (χ2n) is 8.20. The molecule has 1 aliphatic carbocycles. The molecular formula is C24H26N6O2. The molecule has 0 radical (unpaired) electrons. The standard InChI is InChI=1S/C24H26N6O2/c1-16-14-18(4-9-21(16)28-23(31)17-2-3-17)22-25-15-26-24(29-22)27-19-5-7-20(8-6-19)30-10-12-32-13-11-30/h4-9,14-15,17H,2-3,10-13H2,1H3,(H,28,31)(H,25,26,27,29). The molecule has 2 aromatic carbocycles. The lowest BCUT2D eigenvalue weighted by atomic mass is 10.1. The molecule has 1 aliphatic heterocycles. The minimum Gasteiger partial charge on any atom is -0.378 e. The number of carbonyl (C=O) groups is 1. The van der Waals surface area contributed by atoms with Crippen LogP contribution in [-0.4, -0.2) is 47.2 Å². The van der Waals surface area contributed by atoms with E-state index in [9.17, 15) is 4.79 Å². The van der Waals surface area contributed by atoms with Crippen molar-refractivity contribution in [3.63, 3.8) is 0 Å². The molecule has 1 aromatic heterocycles. The van der Waals surface area contributed by atoms with Crippen LogP contribution in [0.3, 0.4) is 0 Å². The molecule has 2 heterocycles. The molecule has 1 amide bonds. The third kappa shape index (κ3) is 4.70. The average molecular weight is 431 g/mol. The van der Waals surface area contributed by atoms with Crippen molar-refractivity contribution in [3.05, 3.63) is 54.4 Å². The Bertz CT molecular complexity index is 1110. The monoisotopic (exact) mass is 430 g/mol. The predicted octanol–water partition coefficient (Wildman–Crippen LogP) is 3.78. The zero-order chi connectivity index (χ0) is 21.9. The van der Waals surface area contributed by atoms with E-state index in [4.69, 9.17) is 4.74 Å². The lowest BCUT2D eigenvalue weighted by Gasteiger charge is -2.28. The highest BCUT2D eigenvalue weighted by atomic mass is 16.5. The van der Waals surface area contributed by atoms with E-state index in [2.05, 4.69) is 42.6 Å². The van der Waals surface area contributed by atoms with Crippen molar-refractivity contribution in [2.45, 2.75) is 19.8 Å². The van der Waals surface area contributed by atoms with Crippen LogP contribution in [0.25, 0.3) is 11.4 Å². The number of hydrogen-bond acceptors (Lipinski definition) is 7. The van der Waals surface area contributed by atoms with Gasteiger partial charge in [-0.25, -0.2) is 9.97 Å². The minimum absolute atomic E-state index is 0.104. The van der Waals surface area contributed by atoms with Gasteiger partial charge in [0.1, 0.15) is 6.33 Å². The Hall–Kier alpha value is -3.52. The number of hydrogen-bond donors (Lipinski definition) is 2. The van der Waals surface area contributed by atoms with Crippen molar-refractivity contribution in [2.75, 3.05) is 41.8 Å². The average Bonchev–Trinajstić information content (AvgIpc) is 3.67. The maximum absolute atomic E-state index is 12.1. The summed E-state index contributed by atoms with van der Waals surface area (Å²) in [6.45, 7) is 5.32. The summed E-state index contributed by atoms with van der Waals surface area (Å²) in [5, 5.41) is 6.26. The molecule has 0 spiro atoms. The first-order valence-corrected chi connectivity index (χ1v) is 11.0. The smallest absolute Gasteiger partial charge is 0.230 e. The van der Waals surface area contributed by atoms with Gasteiger partial charge >= 0.3 is 0 Å². The Morgan fingerprint density at radius 3 is 2.56 bits per heavy atom. The van der Waals surface area contributed by atoms with E-state index in [0.717, 1.165) is 61.6 Å². The largest absolute Gasteiger partial charge is 0.378 e. The van der Waals surface area contributed by atoms with Crippen LogP contribution in [0.15, 0.2) is 48.8 Å². The summed E-state index contributed by atoms with van der Waals surface area (Å²) in [5.74, 6) is 1.34. The number of rotatable bonds is 6. The summed E-state index contributed by atoms with van der Waals surface area (Å²) < 4.78 is 5.42. The van der Waals surface area contributed by atoms with Gasteiger partial charge in [-0.2, -0.15) is 4.98 Å². The molecule has 164 valence electrons. The Morgan fingerprint density at radius 1 is 1.06 bits per heavy atom. The molecule has 0 unspecified atom stereocenters. The van der Waals surface area contributed by atoms with Gasteiger partial charge in [0.15, 0.2) is 5.82 Å². The zero-order valence-corrected chi connectivity index (χ0v) is 18.0. The fourth-order valence-corrected chi connectivity index (χ4v) is 3.73. The van der Waals surface area contributed by atoms with Crippen LogP contribution in [-0.2, 0) is 9.53 Å². The molecule has 2 N–H and O–H groups in total. The van der Waals surface area contributed by atoms with Crippen LogP contribution in [0.5, 0.6) is 0 Å². The number of morpholine rings is 1. The Kier molecular flexibility index (Phi) is 5.68. The summed E-state index contributed by atoms with van der Waals surface area (Å²) >= 11 is 0. The van der Waals surface area contributed by atoms with Gasteiger partial charge in [-0.1, -0.05) is 0 Å². The highest BCUT2D eigenvalue weighted by molar-refractivity contribution is 5.94. The first-order valence-electron chi connectivity index (χ1n) is 11.0. The van der Waals surface area contributed by atoms with Gasteiger partial charge in [0.2, 0.25) is 11.9 Å². The minimum atomic E-state index is 0.104. The van der Waals surface area contributed by atoms with E-state index in [1.807, 2.05) is 37.3 Å². The SMILES string of the molecule is Cc1cc(-c2ncnc(Nc3ccc(N4CCOCC4)cc3)n2)ccc1NC(=O)C1CC1. The van der Waals surface area contributed by atoms with Crippen molar-refractivity contribution in [2.24, 2.45) is 5.92 Å². The van der Waals surface area contributed by atoms with Gasteiger partial charge in [0.25, 0.3) is 0 Å². The van der Waals surface area contributed by atoms with Crippen molar-refractivity contribution >= 4 is 28.9 Å². The summed E-state index contributed by atoms with van der Waals surface area (Å²) in [4.78, 5) is 27.5. The maximum Gasteiger partial charge on any atom is 0.230 e. The molecule has 32 heavy (non-hydrogen) atoms. The number of aromatic nitrogens is 3. The number of ether oxygens (including phenoxy) is 1. The van der Waals surface area contributed by atoms with Gasteiger partial charge in [0.05, 0.1) is 13.2 Å². The maximum atomic E-state index is 12.1. The van der Waals surface area contributed by atoms with Crippen LogP contribution in [0.1, 0.15) is 18.4 Å². The molecule has 8 nitrogen and oxygen atoms in total. The van der Waals surface area contributed by atoms with Crippen molar-refractivity contribution in [1.82, 2.24) is 15.0 Å². The van der Waals surface area contributed by atoms with Gasteiger partial charge < -0.3 is 20.3 Å². The molecule has 3 aromatic rings. The highest BCUT2D eigenvalue weighted by Gasteiger charge is 2.29. The lowest BCUT2D eigenvalue weighted by Crippen LogP contribution is -2.36. The predicted molar refractivity (Wildman–Crippen MR) is 124 cm³/mol. The van der Waals surface area contributed by atoms with Crippen molar-refractivity contribution in [1.29, 1.82) is 0 Å². The van der Waals surface area contributed by atoms with E-state index in [0.29, 0.717) is 11.8 Å². The fraction of sp³-hybridized carbons (Fsp3) is 0.333. The molecule has 0 atom stereocenters. The number of anilines is 4. The Balaban J connectivity index is 1.28. The van der Waals surface area contributed by atoms with Crippen LogP contribution in [0.4, 0.5) is 23.0 Å². The van der Waals surface area contributed by atoms with E-state index < -0.39 is 0 Å². The van der Waals surface area contributed by atoms with E-state index in [-0.39, 0.29) is 11.8 Å². The third-order valence-electron chi connectivity index (χ3n) is 5.76. The number of aryl methyl sites for hydroxylation is 1. The second-order valence-corrected chi connectivity index (χ2v) is 8.20. The first-order chi connectivity index (χ1) is 15.7. The Morgan fingerprint density at radius 2 is 1.84 bits per heavy atom. The lowest BCUT2D eigenvalue weighted by molar-refractivity contribution is -0.117.